The monoisotopic (exact) mass is 357 g/mol. The Bertz CT molecular complexity index is 738. The summed E-state index contributed by atoms with van der Waals surface area (Å²) in [4.78, 5) is 0.209. The Morgan fingerprint density at radius 3 is 2.60 bits per heavy atom. The van der Waals surface area contributed by atoms with Crippen molar-refractivity contribution in [2.75, 3.05) is 4.72 Å². The number of nitrogens with zero attached hydrogens (tertiary/aromatic N) is 1. The molecule has 1 aromatic heterocycles. The standard InChI is InChI=1S/C13H16BrN3O2S/c1-9-5-10(3-4-13(9)14)16-20(18,19)12-6-11(7-15)17(2)8-12/h3-6,8,16H,7,15H2,1-2H3. The minimum atomic E-state index is -3.60. The molecular formula is C13H16BrN3O2S. The minimum Gasteiger partial charge on any atom is -0.352 e. The number of halogens is 1. The van der Waals surface area contributed by atoms with E-state index in [4.69, 9.17) is 5.73 Å². The Morgan fingerprint density at radius 1 is 1.35 bits per heavy atom. The lowest BCUT2D eigenvalue weighted by atomic mass is 10.2. The van der Waals surface area contributed by atoms with Crippen molar-refractivity contribution in [3.63, 3.8) is 0 Å². The van der Waals surface area contributed by atoms with Gasteiger partial charge in [-0.1, -0.05) is 15.9 Å². The molecule has 0 atom stereocenters. The van der Waals surface area contributed by atoms with E-state index in [0.29, 0.717) is 12.2 Å². The fourth-order valence-corrected chi connectivity index (χ4v) is 3.24. The van der Waals surface area contributed by atoms with Crippen LogP contribution < -0.4 is 10.5 Å². The summed E-state index contributed by atoms with van der Waals surface area (Å²) in [6, 6.07) is 6.87. The predicted octanol–water partition coefficient (Wildman–Crippen LogP) is 2.36. The lowest BCUT2D eigenvalue weighted by Crippen LogP contribution is -2.12. The molecule has 3 N–H and O–H groups in total. The SMILES string of the molecule is Cc1cc(NS(=O)(=O)c2cc(CN)n(C)c2)ccc1Br. The molecular weight excluding hydrogens is 342 g/mol. The molecule has 0 aliphatic carbocycles. The van der Waals surface area contributed by atoms with E-state index in [-0.39, 0.29) is 4.90 Å². The quantitative estimate of drug-likeness (QED) is 0.881. The lowest BCUT2D eigenvalue weighted by Gasteiger charge is -2.08. The smallest absolute Gasteiger partial charge is 0.263 e. The number of benzene rings is 1. The summed E-state index contributed by atoms with van der Waals surface area (Å²) in [5, 5.41) is 0. The van der Waals surface area contributed by atoms with E-state index in [9.17, 15) is 8.42 Å². The van der Waals surface area contributed by atoms with Gasteiger partial charge in [0.1, 0.15) is 4.90 Å². The molecule has 1 heterocycles. The van der Waals surface area contributed by atoms with Gasteiger partial charge in [-0.25, -0.2) is 8.42 Å². The van der Waals surface area contributed by atoms with Crippen LogP contribution in [0.15, 0.2) is 39.8 Å². The molecule has 0 saturated heterocycles. The van der Waals surface area contributed by atoms with Crippen molar-refractivity contribution in [2.24, 2.45) is 12.8 Å². The van der Waals surface area contributed by atoms with Crippen molar-refractivity contribution < 1.29 is 8.42 Å². The third kappa shape index (κ3) is 3.05. The van der Waals surface area contributed by atoms with Gasteiger partial charge in [0.05, 0.1) is 0 Å². The highest BCUT2D eigenvalue weighted by Crippen LogP contribution is 2.23. The van der Waals surface area contributed by atoms with Crippen LogP contribution in [0.5, 0.6) is 0 Å². The second kappa shape index (κ2) is 5.59. The molecule has 0 spiro atoms. The van der Waals surface area contributed by atoms with E-state index < -0.39 is 10.0 Å². The summed E-state index contributed by atoms with van der Waals surface area (Å²) in [6.45, 7) is 2.19. The van der Waals surface area contributed by atoms with Crippen molar-refractivity contribution in [1.29, 1.82) is 0 Å². The van der Waals surface area contributed by atoms with E-state index in [1.807, 2.05) is 13.0 Å². The number of aromatic nitrogens is 1. The molecule has 0 bridgehead atoms. The zero-order chi connectivity index (χ0) is 14.9. The molecule has 2 rings (SSSR count). The van der Waals surface area contributed by atoms with Crippen molar-refractivity contribution in [3.8, 4) is 0 Å². The highest BCUT2D eigenvalue weighted by molar-refractivity contribution is 9.10. The van der Waals surface area contributed by atoms with Gasteiger partial charge in [-0.15, -0.1) is 0 Å². The molecule has 108 valence electrons. The van der Waals surface area contributed by atoms with E-state index >= 15 is 0 Å². The number of rotatable bonds is 4. The first-order valence-electron chi connectivity index (χ1n) is 5.98. The normalized spacial score (nSPS) is 11.6. The van der Waals surface area contributed by atoms with Gasteiger partial charge < -0.3 is 10.3 Å². The maximum Gasteiger partial charge on any atom is 0.263 e. The maximum absolute atomic E-state index is 12.3. The summed E-state index contributed by atoms with van der Waals surface area (Å²) in [5.74, 6) is 0. The zero-order valence-electron chi connectivity index (χ0n) is 11.2. The summed E-state index contributed by atoms with van der Waals surface area (Å²) < 4.78 is 29.8. The second-order valence-corrected chi connectivity index (χ2v) is 7.09. The van der Waals surface area contributed by atoms with E-state index in [2.05, 4.69) is 20.7 Å². The van der Waals surface area contributed by atoms with Gasteiger partial charge in [-0.2, -0.15) is 0 Å². The molecule has 2 aromatic rings. The average molecular weight is 358 g/mol. The van der Waals surface area contributed by atoms with Gasteiger partial charge in [0.25, 0.3) is 10.0 Å². The number of sulfonamides is 1. The van der Waals surface area contributed by atoms with E-state index in [1.165, 1.54) is 0 Å². The van der Waals surface area contributed by atoms with Crippen molar-refractivity contribution in [3.05, 3.63) is 46.2 Å². The molecule has 1 aromatic carbocycles. The van der Waals surface area contributed by atoms with Gasteiger partial charge >= 0.3 is 0 Å². The van der Waals surface area contributed by atoms with Crippen LogP contribution in [0.2, 0.25) is 0 Å². The van der Waals surface area contributed by atoms with Crippen LogP contribution in [-0.4, -0.2) is 13.0 Å². The maximum atomic E-state index is 12.3. The number of aryl methyl sites for hydroxylation is 2. The van der Waals surface area contributed by atoms with Crippen LogP contribution in [0.4, 0.5) is 5.69 Å². The van der Waals surface area contributed by atoms with Gasteiger partial charge in [0, 0.05) is 35.6 Å². The van der Waals surface area contributed by atoms with Crippen molar-refractivity contribution in [1.82, 2.24) is 4.57 Å². The number of hydrogen-bond donors (Lipinski definition) is 2. The van der Waals surface area contributed by atoms with Crippen LogP contribution in [-0.2, 0) is 23.6 Å². The highest BCUT2D eigenvalue weighted by atomic mass is 79.9. The molecule has 0 amide bonds. The molecule has 5 nitrogen and oxygen atoms in total. The lowest BCUT2D eigenvalue weighted by molar-refractivity contribution is 0.601. The zero-order valence-corrected chi connectivity index (χ0v) is 13.6. The Hall–Kier alpha value is -1.31. The van der Waals surface area contributed by atoms with Crippen LogP contribution in [0.25, 0.3) is 0 Å². The van der Waals surface area contributed by atoms with Gasteiger partial charge in [0.2, 0.25) is 0 Å². The topological polar surface area (TPSA) is 77.1 Å². The van der Waals surface area contributed by atoms with Crippen LogP contribution in [0.3, 0.4) is 0 Å². The Morgan fingerprint density at radius 2 is 2.05 bits per heavy atom. The predicted molar refractivity (Wildman–Crippen MR) is 83.0 cm³/mol. The van der Waals surface area contributed by atoms with E-state index in [0.717, 1.165) is 15.7 Å². The third-order valence-corrected chi connectivity index (χ3v) is 5.25. The number of anilines is 1. The highest BCUT2D eigenvalue weighted by Gasteiger charge is 2.17. The van der Waals surface area contributed by atoms with Crippen molar-refractivity contribution in [2.45, 2.75) is 18.4 Å². The summed E-state index contributed by atoms with van der Waals surface area (Å²) >= 11 is 3.38. The summed E-state index contributed by atoms with van der Waals surface area (Å²) in [5.41, 5.74) is 7.81. The Labute approximate surface area is 127 Å². The minimum absolute atomic E-state index is 0.209. The third-order valence-electron chi connectivity index (χ3n) is 3.01. The molecule has 0 fully saturated rings. The fraction of sp³-hybridized carbons (Fsp3) is 0.231. The number of nitrogens with one attached hydrogen (secondary N) is 1. The summed E-state index contributed by atoms with van der Waals surface area (Å²) in [7, 11) is -1.83. The van der Waals surface area contributed by atoms with Crippen LogP contribution in [0.1, 0.15) is 11.3 Å². The molecule has 0 radical (unpaired) electrons. The first-order valence-corrected chi connectivity index (χ1v) is 8.25. The molecule has 0 saturated carbocycles. The number of nitrogens with two attached hydrogens (primary N) is 1. The molecule has 0 aliphatic heterocycles. The molecule has 7 heteroatoms. The first kappa shape index (κ1) is 15.1. The average Bonchev–Trinajstić information content (AvgIpc) is 2.76. The van der Waals surface area contributed by atoms with Crippen molar-refractivity contribution >= 4 is 31.6 Å². The molecule has 0 aliphatic rings. The number of hydrogen-bond acceptors (Lipinski definition) is 3. The largest absolute Gasteiger partial charge is 0.352 e. The molecule has 0 unspecified atom stereocenters. The Balaban J connectivity index is 2.32. The summed E-state index contributed by atoms with van der Waals surface area (Å²) in [6.07, 6.45) is 1.55. The van der Waals surface area contributed by atoms with Gasteiger partial charge in [-0.3, -0.25) is 4.72 Å². The van der Waals surface area contributed by atoms with Gasteiger partial charge in [-0.05, 0) is 36.8 Å². The van der Waals surface area contributed by atoms with E-state index in [1.54, 1.807) is 36.0 Å². The second-order valence-electron chi connectivity index (χ2n) is 4.55. The van der Waals surface area contributed by atoms with Crippen LogP contribution >= 0.6 is 15.9 Å². The Kier molecular flexibility index (Phi) is 4.22. The van der Waals surface area contributed by atoms with Gasteiger partial charge in [0.15, 0.2) is 0 Å². The molecule has 20 heavy (non-hydrogen) atoms. The van der Waals surface area contributed by atoms with Crippen LogP contribution in [0, 0.1) is 6.92 Å². The first-order chi connectivity index (χ1) is 9.33. The fourth-order valence-electron chi connectivity index (χ4n) is 1.85.